The van der Waals surface area contributed by atoms with Crippen LogP contribution in [0.25, 0.3) is 11.1 Å². The van der Waals surface area contributed by atoms with E-state index in [4.69, 9.17) is 16.0 Å². The van der Waals surface area contributed by atoms with Crippen LogP contribution in [0.15, 0.2) is 22.6 Å². The molecule has 2 aliphatic carbocycles. The number of carbonyl (C=O) groups excluding carboxylic acids is 1. The summed E-state index contributed by atoms with van der Waals surface area (Å²) in [7, 11) is -3.26. The number of benzene rings is 1. The van der Waals surface area contributed by atoms with Gasteiger partial charge in [-0.05, 0) is 68.1 Å². The maximum absolute atomic E-state index is 12.4. The van der Waals surface area contributed by atoms with Crippen LogP contribution in [0.4, 0.5) is 0 Å². The third kappa shape index (κ3) is 3.98. The number of nitrogens with one attached hydrogen (secondary N) is 1. The number of rotatable bonds is 4. The molecule has 3 aliphatic rings. The first-order valence-corrected chi connectivity index (χ1v) is 13.1. The number of carbonyl (C=O) groups is 1. The molecule has 1 aromatic heterocycles. The number of fused-ring (bicyclic) bond motifs is 1. The largest absolute Gasteiger partial charge is 0.440 e. The predicted molar refractivity (Wildman–Crippen MR) is 118 cm³/mol. The zero-order valence-corrected chi connectivity index (χ0v) is 19.4. The molecule has 1 saturated heterocycles. The number of hydrogen-bond acceptors (Lipinski definition) is 5. The van der Waals surface area contributed by atoms with Crippen LogP contribution in [0, 0.1) is 11.3 Å². The Morgan fingerprint density at radius 1 is 1.29 bits per heavy atom. The highest BCUT2D eigenvalue weighted by molar-refractivity contribution is 7.88. The lowest BCUT2D eigenvalue weighted by atomic mass is 9.46. The fourth-order valence-corrected chi connectivity index (χ4v) is 7.50. The van der Waals surface area contributed by atoms with Gasteiger partial charge in [-0.25, -0.2) is 13.4 Å². The molecule has 7 nitrogen and oxygen atoms in total. The third-order valence-electron chi connectivity index (χ3n) is 7.44. The summed E-state index contributed by atoms with van der Waals surface area (Å²) < 4.78 is 32.4. The maximum atomic E-state index is 12.4. The van der Waals surface area contributed by atoms with E-state index in [2.05, 4.69) is 10.3 Å². The number of oxazole rings is 1. The van der Waals surface area contributed by atoms with Crippen molar-refractivity contribution in [2.45, 2.75) is 63.5 Å². The van der Waals surface area contributed by atoms with Crippen LogP contribution in [0.2, 0.25) is 5.02 Å². The Balaban J connectivity index is 1.24. The number of hydrogen-bond donors (Lipinski definition) is 1. The van der Waals surface area contributed by atoms with Crippen molar-refractivity contribution in [2.75, 3.05) is 12.8 Å². The summed E-state index contributed by atoms with van der Waals surface area (Å²) in [5.41, 5.74) is 1.84. The molecule has 0 radical (unpaired) electrons. The van der Waals surface area contributed by atoms with Crippen LogP contribution in [-0.4, -0.2) is 48.5 Å². The Morgan fingerprint density at radius 3 is 2.71 bits per heavy atom. The molecule has 1 amide bonds. The molecule has 2 unspecified atom stereocenters. The Bertz CT molecular complexity index is 1120. The van der Waals surface area contributed by atoms with Gasteiger partial charge in [0.2, 0.25) is 15.9 Å². The summed E-state index contributed by atoms with van der Waals surface area (Å²) in [6.07, 6.45) is 6.78. The van der Waals surface area contributed by atoms with Gasteiger partial charge in [-0.15, -0.1) is 0 Å². The average Bonchev–Trinajstić information content (AvgIpc) is 3.00. The zero-order valence-electron chi connectivity index (χ0n) is 17.8. The molecule has 2 atom stereocenters. The molecule has 5 rings (SSSR count). The molecule has 1 spiro atoms. The van der Waals surface area contributed by atoms with Crippen molar-refractivity contribution in [3.8, 4) is 0 Å². The Hall–Kier alpha value is -1.64. The van der Waals surface area contributed by atoms with Gasteiger partial charge in [0, 0.05) is 36.5 Å². The minimum absolute atomic E-state index is 0.0308. The molecular formula is C22H28ClN3O4S. The van der Waals surface area contributed by atoms with Gasteiger partial charge in [0.05, 0.1) is 6.26 Å². The van der Waals surface area contributed by atoms with Gasteiger partial charge in [-0.3, -0.25) is 4.79 Å². The number of aromatic nitrogens is 1. The molecule has 31 heavy (non-hydrogen) atoms. The van der Waals surface area contributed by atoms with E-state index in [-0.39, 0.29) is 23.4 Å². The summed E-state index contributed by atoms with van der Waals surface area (Å²) in [5, 5.41) is 3.64. The van der Waals surface area contributed by atoms with Crippen molar-refractivity contribution in [1.29, 1.82) is 0 Å². The highest BCUT2D eigenvalue weighted by Gasteiger charge is 2.57. The first-order valence-electron chi connectivity index (χ1n) is 10.9. The van der Waals surface area contributed by atoms with Crippen LogP contribution in [0.5, 0.6) is 0 Å². The van der Waals surface area contributed by atoms with Gasteiger partial charge in [0.1, 0.15) is 5.52 Å². The van der Waals surface area contributed by atoms with Crippen LogP contribution in [0.1, 0.15) is 57.3 Å². The molecular weight excluding hydrogens is 438 g/mol. The number of piperidine rings is 1. The minimum atomic E-state index is -3.26. The summed E-state index contributed by atoms with van der Waals surface area (Å²) in [6, 6.07) is 5.51. The summed E-state index contributed by atoms with van der Waals surface area (Å²) in [4.78, 5) is 16.1. The Kier molecular flexibility index (Phi) is 5.10. The number of amides is 1. The molecule has 9 heteroatoms. The maximum Gasteiger partial charge on any atom is 0.217 e. The quantitative estimate of drug-likeness (QED) is 0.743. The number of nitrogens with zero attached hydrogens (tertiary/aromatic N) is 2. The summed E-state index contributed by atoms with van der Waals surface area (Å²) in [6.45, 7) is 2.00. The van der Waals surface area contributed by atoms with Crippen molar-refractivity contribution < 1.29 is 17.6 Å². The Morgan fingerprint density at radius 2 is 2.03 bits per heavy atom. The second-order valence-electron chi connectivity index (χ2n) is 9.80. The molecule has 168 valence electrons. The molecule has 0 bridgehead atoms. The van der Waals surface area contributed by atoms with E-state index in [1.54, 1.807) is 4.31 Å². The third-order valence-corrected chi connectivity index (χ3v) is 8.98. The fourth-order valence-electron chi connectivity index (χ4n) is 6.14. The lowest BCUT2D eigenvalue weighted by Gasteiger charge is -2.60. The minimum Gasteiger partial charge on any atom is -0.440 e. The fraction of sp³-hybridized carbons (Fsp3) is 0.636. The monoisotopic (exact) mass is 465 g/mol. The van der Waals surface area contributed by atoms with Gasteiger partial charge < -0.3 is 9.73 Å². The number of halogens is 1. The second-order valence-corrected chi connectivity index (χ2v) is 12.2. The van der Waals surface area contributed by atoms with Crippen LogP contribution < -0.4 is 5.32 Å². The van der Waals surface area contributed by atoms with Gasteiger partial charge >= 0.3 is 0 Å². The van der Waals surface area contributed by atoms with Crippen molar-refractivity contribution in [2.24, 2.45) is 11.3 Å². The van der Waals surface area contributed by atoms with Gasteiger partial charge in [0.25, 0.3) is 0 Å². The van der Waals surface area contributed by atoms with Crippen LogP contribution in [-0.2, 0) is 14.8 Å². The zero-order chi connectivity index (χ0) is 22.0. The van der Waals surface area contributed by atoms with E-state index >= 15 is 0 Å². The van der Waals surface area contributed by atoms with Crippen LogP contribution in [0.3, 0.4) is 0 Å². The van der Waals surface area contributed by atoms with E-state index in [1.807, 2.05) is 18.2 Å². The molecule has 1 N–H and O–H groups in total. The van der Waals surface area contributed by atoms with E-state index in [0.29, 0.717) is 36.2 Å². The second kappa shape index (κ2) is 7.46. The van der Waals surface area contributed by atoms with Crippen LogP contribution >= 0.6 is 11.6 Å². The standard InChI is InChI=1S/C22H28ClN3O4S/c1-13(27)24-17-5-6-26(31(2,28)29)19(8-17)14-9-22(10-14)11-15(12-22)21-25-18-7-16(23)3-4-20(18)30-21/h3-4,7,14-15,17,19H,5-6,8-12H2,1-2H3,(H,24,27). The van der Waals surface area contributed by atoms with Crippen molar-refractivity contribution in [3.05, 3.63) is 29.1 Å². The first kappa shape index (κ1) is 21.2. The van der Waals surface area contributed by atoms with Gasteiger partial charge in [-0.1, -0.05) is 11.6 Å². The topological polar surface area (TPSA) is 92.5 Å². The average molecular weight is 466 g/mol. The molecule has 3 fully saturated rings. The first-order chi connectivity index (χ1) is 14.6. The lowest BCUT2D eigenvalue weighted by Crippen LogP contribution is -2.59. The summed E-state index contributed by atoms with van der Waals surface area (Å²) >= 11 is 6.05. The molecule has 2 aromatic rings. The summed E-state index contributed by atoms with van der Waals surface area (Å²) in [5.74, 6) is 1.39. The normalized spacial score (nSPS) is 33.8. The van der Waals surface area contributed by atoms with E-state index in [0.717, 1.165) is 42.7 Å². The van der Waals surface area contributed by atoms with Gasteiger partial charge in [0.15, 0.2) is 11.5 Å². The Labute approximate surface area is 187 Å². The molecule has 1 aromatic carbocycles. The van der Waals surface area contributed by atoms with E-state index in [9.17, 15) is 13.2 Å². The highest BCUT2D eigenvalue weighted by Crippen LogP contribution is 2.65. The van der Waals surface area contributed by atoms with Gasteiger partial charge in [-0.2, -0.15) is 4.31 Å². The lowest BCUT2D eigenvalue weighted by molar-refractivity contribution is -0.120. The highest BCUT2D eigenvalue weighted by atomic mass is 35.5. The molecule has 2 saturated carbocycles. The predicted octanol–water partition coefficient (Wildman–Crippen LogP) is 3.68. The smallest absolute Gasteiger partial charge is 0.217 e. The SMILES string of the molecule is CC(=O)NC1CCN(S(C)(=O)=O)C(C2CC3(CC(c4nc5cc(Cl)ccc5o4)C3)C2)C1. The molecule has 2 heterocycles. The molecule has 1 aliphatic heterocycles. The van der Waals surface area contributed by atoms with Crippen molar-refractivity contribution >= 4 is 38.6 Å². The van der Waals surface area contributed by atoms with Crippen molar-refractivity contribution in [1.82, 2.24) is 14.6 Å². The van der Waals surface area contributed by atoms with E-state index < -0.39 is 10.0 Å². The van der Waals surface area contributed by atoms with Crippen molar-refractivity contribution in [3.63, 3.8) is 0 Å². The van der Waals surface area contributed by atoms with E-state index in [1.165, 1.54) is 13.2 Å². The number of sulfonamides is 1.